The van der Waals surface area contributed by atoms with Crippen molar-refractivity contribution in [2.75, 3.05) is 17.2 Å². The van der Waals surface area contributed by atoms with Gasteiger partial charge in [0.1, 0.15) is 5.75 Å². The summed E-state index contributed by atoms with van der Waals surface area (Å²) in [5, 5.41) is 8.64. The van der Waals surface area contributed by atoms with Crippen LogP contribution >= 0.6 is 12.2 Å². The highest BCUT2D eigenvalue weighted by Gasteiger charge is 2.14. The van der Waals surface area contributed by atoms with Gasteiger partial charge in [0.15, 0.2) is 5.11 Å². The molecule has 0 fully saturated rings. The summed E-state index contributed by atoms with van der Waals surface area (Å²) >= 11 is 5.33. The van der Waals surface area contributed by atoms with Crippen molar-refractivity contribution in [1.29, 1.82) is 0 Å². The van der Waals surface area contributed by atoms with E-state index in [-0.39, 0.29) is 16.9 Å². The molecule has 7 heteroatoms. The maximum absolute atomic E-state index is 12.9. The lowest BCUT2D eigenvalue weighted by Crippen LogP contribution is -2.34. The Hall–Kier alpha value is -3.71. The van der Waals surface area contributed by atoms with Crippen molar-refractivity contribution in [3.05, 3.63) is 89.0 Å². The van der Waals surface area contributed by atoms with E-state index in [9.17, 15) is 9.59 Å². The maximum Gasteiger partial charge on any atom is 0.257 e. The van der Waals surface area contributed by atoms with Gasteiger partial charge < -0.3 is 15.4 Å². The van der Waals surface area contributed by atoms with Crippen LogP contribution in [0.3, 0.4) is 0 Å². The first-order valence-electron chi connectivity index (χ1n) is 11.7. The van der Waals surface area contributed by atoms with Gasteiger partial charge in [0, 0.05) is 11.3 Å². The van der Waals surface area contributed by atoms with Crippen molar-refractivity contribution in [3.8, 4) is 5.75 Å². The van der Waals surface area contributed by atoms with Crippen LogP contribution < -0.4 is 20.7 Å². The zero-order valence-electron chi connectivity index (χ0n) is 20.3. The Morgan fingerprint density at radius 3 is 2.31 bits per heavy atom. The number of thiocarbonyl (C=S) groups is 1. The molecule has 35 heavy (non-hydrogen) atoms. The summed E-state index contributed by atoms with van der Waals surface area (Å²) in [7, 11) is 0. The topological polar surface area (TPSA) is 79.5 Å². The molecule has 2 amide bonds. The van der Waals surface area contributed by atoms with E-state index in [1.54, 1.807) is 48.5 Å². The molecule has 3 rings (SSSR count). The number of benzene rings is 3. The number of para-hydroxylation sites is 1. The molecule has 0 saturated carbocycles. The highest BCUT2D eigenvalue weighted by Crippen LogP contribution is 2.19. The highest BCUT2D eigenvalue weighted by atomic mass is 32.1. The molecule has 0 bridgehead atoms. The standard InChI is InChI=1S/C28H31N3O3S/c1-4-5-8-17-34-23-15-12-21(13-16-23)26(32)31-28(35)30-25-10-7-6-9-24(25)27(33)29-22-14-11-19(2)20(3)18-22/h6-7,9-16,18H,4-5,8,17H2,1-3H3,(H,29,33)(H2,30,31,32,35). The third-order valence-corrected chi connectivity index (χ3v) is 5.75. The van der Waals surface area contributed by atoms with Gasteiger partial charge in [0.2, 0.25) is 0 Å². The van der Waals surface area contributed by atoms with E-state index in [1.807, 2.05) is 32.0 Å². The molecular formula is C28H31N3O3S. The molecule has 0 aromatic heterocycles. The molecule has 0 atom stereocenters. The zero-order valence-corrected chi connectivity index (χ0v) is 21.1. The van der Waals surface area contributed by atoms with Crippen LogP contribution in [-0.2, 0) is 0 Å². The third-order valence-electron chi connectivity index (χ3n) is 5.54. The van der Waals surface area contributed by atoms with Gasteiger partial charge in [-0.15, -0.1) is 0 Å². The van der Waals surface area contributed by atoms with Crippen LogP contribution in [0.5, 0.6) is 5.75 Å². The second kappa shape index (κ2) is 12.7. The SMILES string of the molecule is CCCCCOc1ccc(C(=O)NC(=S)Nc2ccccc2C(=O)Nc2ccc(C)c(C)c2)cc1. The summed E-state index contributed by atoms with van der Waals surface area (Å²) in [6.07, 6.45) is 3.27. The van der Waals surface area contributed by atoms with Crippen molar-refractivity contribution in [3.63, 3.8) is 0 Å². The zero-order chi connectivity index (χ0) is 25.2. The Balaban J connectivity index is 1.59. The van der Waals surface area contributed by atoms with Crippen molar-refractivity contribution >= 4 is 40.5 Å². The molecular weight excluding hydrogens is 458 g/mol. The van der Waals surface area contributed by atoms with Gasteiger partial charge >= 0.3 is 0 Å². The first kappa shape index (κ1) is 25.9. The number of unbranched alkanes of at least 4 members (excludes halogenated alkanes) is 2. The number of anilines is 2. The van der Waals surface area contributed by atoms with Gasteiger partial charge in [-0.05, 0) is 92.1 Å². The Morgan fingerprint density at radius 1 is 0.857 bits per heavy atom. The van der Waals surface area contributed by atoms with Crippen LogP contribution in [0.4, 0.5) is 11.4 Å². The Bertz CT molecular complexity index is 1190. The molecule has 3 aromatic carbocycles. The number of hydrogen-bond acceptors (Lipinski definition) is 4. The van der Waals surface area contributed by atoms with Gasteiger partial charge in [0.25, 0.3) is 11.8 Å². The van der Waals surface area contributed by atoms with Crippen molar-refractivity contribution < 1.29 is 14.3 Å². The number of nitrogens with one attached hydrogen (secondary N) is 3. The van der Waals surface area contributed by atoms with Gasteiger partial charge in [-0.1, -0.05) is 38.0 Å². The molecule has 6 nitrogen and oxygen atoms in total. The molecule has 3 aromatic rings. The summed E-state index contributed by atoms with van der Waals surface area (Å²) in [4.78, 5) is 25.5. The quantitative estimate of drug-likeness (QED) is 0.244. The molecule has 0 radical (unpaired) electrons. The minimum atomic E-state index is -0.350. The second-order valence-electron chi connectivity index (χ2n) is 8.29. The predicted molar refractivity (Wildman–Crippen MR) is 145 cm³/mol. The van der Waals surface area contributed by atoms with Crippen molar-refractivity contribution in [2.45, 2.75) is 40.0 Å². The number of rotatable bonds is 9. The smallest absolute Gasteiger partial charge is 0.257 e. The average molecular weight is 490 g/mol. The molecule has 0 heterocycles. The minimum Gasteiger partial charge on any atom is -0.494 e. The van der Waals surface area contributed by atoms with Crippen LogP contribution in [0.25, 0.3) is 0 Å². The maximum atomic E-state index is 12.9. The van der Waals surface area contributed by atoms with E-state index in [0.717, 1.165) is 36.1 Å². The van der Waals surface area contributed by atoms with E-state index in [4.69, 9.17) is 17.0 Å². The summed E-state index contributed by atoms with van der Waals surface area (Å²) < 4.78 is 5.69. The number of ether oxygens (including phenoxy) is 1. The second-order valence-corrected chi connectivity index (χ2v) is 8.70. The van der Waals surface area contributed by atoms with Crippen LogP contribution in [-0.4, -0.2) is 23.5 Å². The van der Waals surface area contributed by atoms with Gasteiger partial charge in [-0.3, -0.25) is 14.9 Å². The van der Waals surface area contributed by atoms with E-state index in [1.165, 1.54) is 0 Å². The lowest BCUT2D eigenvalue weighted by Gasteiger charge is -2.14. The molecule has 3 N–H and O–H groups in total. The van der Waals surface area contributed by atoms with Crippen LogP contribution in [0, 0.1) is 13.8 Å². The fourth-order valence-corrected chi connectivity index (χ4v) is 3.58. The molecule has 0 saturated heterocycles. The summed E-state index contributed by atoms with van der Waals surface area (Å²) in [6.45, 7) is 6.82. The molecule has 0 aliphatic rings. The number of hydrogen-bond donors (Lipinski definition) is 3. The number of carbonyl (C=O) groups excluding carboxylic acids is 2. The first-order valence-corrected chi connectivity index (χ1v) is 12.1. The van der Waals surface area contributed by atoms with E-state index >= 15 is 0 Å². The number of aryl methyl sites for hydroxylation is 2. The molecule has 182 valence electrons. The Kier molecular flexibility index (Phi) is 9.38. The number of carbonyl (C=O) groups is 2. The molecule has 0 aliphatic carbocycles. The first-order chi connectivity index (χ1) is 16.9. The highest BCUT2D eigenvalue weighted by molar-refractivity contribution is 7.80. The fraction of sp³-hybridized carbons (Fsp3) is 0.250. The normalized spacial score (nSPS) is 10.4. The average Bonchev–Trinajstić information content (AvgIpc) is 2.84. The van der Waals surface area contributed by atoms with Crippen LogP contribution in [0.15, 0.2) is 66.7 Å². The lowest BCUT2D eigenvalue weighted by molar-refractivity contribution is 0.0976. The van der Waals surface area contributed by atoms with Crippen molar-refractivity contribution in [1.82, 2.24) is 5.32 Å². The van der Waals surface area contributed by atoms with Gasteiger partial charge in [-0.25, -0.2) is 0 Å². The van der Waals surface area contributed by atoms with Gasteiger partial charge in [0.05, 0.1) is 17.9 Å². The minimum absolute atomic E-state index is 0.0984. The Labute approximate surface area is 212 Å². The molecule has 0 spiro atoms. The summed E-state index contributed by atoms with van der Waals surface area (Å²) in [5.41, 5.74) is 4.31. The van der Waals surface area contributed by atoms with E-state index in [0.29, 0.717) is 29.1 Å². The monoisotopic (exact) mass is 489 g/mol. The summed E-state index contributed by atoms with van der Waals surface area (Å²) in [6, 6.07) is 19.7. The third kappa shape index (κ3) is 7.65. The van der Waals surface area contributed by atoms with Crippen LogP contribution in [0.1, 0.15) is 58.0 Å². The molecule has 0 unspecified atom stereocenters. The Morgan fingerprint density at radius 2 is 1.60 bits per heavy atom. The largest absolute Gasteiger partial charge is 0.494 e. The van der Waals surface area contributed by atoms with Crippen molar-refractivity contribution in [2.24, 2.45) is 0 Å². The van der Waals surface area contributed by atoms with Gasteiger partial charge in [-0.2, -0.15) is 0 Å². The van der Waals surface area contributed by atoms with Crippen LogP contribution in [0.2, 0.25) is 0 Å². The van der Waals surface area contributed by atoms with E-state index in [2.05, 4.69) is 22.9 Å². The fourth-order valence-electron chi connectivity index (χ4n) is 3.38. The predicted octanol–water partition coefficient (Wildman–Crippen LogP) is 6.25. The molecule has 0 aliphatic heterocycles. The lowest BCUT2D eigenvalue weighted by atomic mass is 10.1. The summed E-state index contributed by atoms with van der Waals surface area (Å²) in [5.74, 6) is 0.0965. The number of amides is 2. The van der Waals surface area contributed by atoms with E-state index < -0.39 is 0 Å².